The van der Waals surface area contributed by atoms with Crippen LogP contribution in [0.5, 0.6) is 0 Å². The van der Waals surface area contributed by atoms with E-state index in [1.807, 2.05) is 12.1 Å². The highest BCUT2D eigenvalue weighted by Gasteiger charge is 2.53. The second kappa shape index (κ2) is 9.24. The number of thiophene rings is 2. The number of aliphatic carboxylic acids is 1. The maximum Gasteiger partial charge on any atom is 0.429 e. The number of carboxylic acid groups (broad SMARTS) is 1. The van der Waals surface area contributed by atoms with Gasteiger partial charge in [-0.05, 0) is 25.0 Å². The van der Waals surface area contributed by atoms with Crippen molar-refractivity contribution < 1.29 is 32.6 Å². The maximum absolute atomic E-state index is 13.5. The van der Waals surface area contributed by atoms with Crippen molar-refractivity contribution in [1.29, 1.82) is 0 Å². The number of nitrogens with one attached hydrogen (secondary N) is 1. The Labute approximate surface area is 216 Å². The summed E-state index contributed by atoms with van der Waals surface area (Å²) in [5.41, 5.74) is -0.666. The number of rotatable bonds is 5. The lowest BCUT2D eigenvalue weighted by Crippen LogP contribution is -2.28. The van der Waals surface area contributed by atoms with Gasteiger partial charge >= 0.3 is 18.2 Å². The normalized spacial score (nSPS) is 15.0. The molecule has 12 heteroatoms. The number of amides is 1. The lowest BCUT2D eigenvalue weighted by Gasteiger charge is -2.21. The molecular formula is C25H18F3N3O4S2. The Bertz CT molecular complexity index is 1520. The van der Waals surface area contributed by atoms with Crippen molar-refractivity contribution in [3.63, 3.8) is 0 Å². The van der Waals surface area contributed by atoms with Crippen LogP contribution >= 0.6 is 22.7 Å². The zero-order valence-electron chi connectivity index (χ0n) is 19.1. The van der Waals surface area contributed by atoms with Gasteiger partial charge in [-0.25, -0.2) is 4.79 Å². The van der Waals surface area contributed by atoms with E-state index in [-0.39, 0.29) is 11.4 Å². The van der Waals surface area contributed by atoms with Gasteiger partial charge < -0.3 is 9.84 Å². The minimum atomic E-state index is -4.80. The molecule has 4 aromatic rings. The SMILES string of the molecule is Cn1ncc(C#Cc2cc3sc(C4(C(=O)O)CC4)cc3s2)c1NC(=O)OC(c1ccccc1)C(F)(F)F. The Balaban J connectivity index is 1.33. The van der Waals surface area contributed by atoms with Gasteiger partial charge in [0.05, 0.1) is 16.6 Å². The van der Waals surface area contributed by atoms with E-state index in [4.69, 9.17) is 4.74 Å². The lowest BCUT2D eigenvalue weighted by atomic mass is 10.1. The number of carboxylic acids is 1. The van der Waals surface area contributed by atoms with Crippen molar-refractivity contribution in [2.24, 2.45) is 7.05 Å². The van der Waals surface area contributed by atoms with Crippen LogP contribution in [-0.4, -0.2) is 33.1 Å². The van der Waals surface area contributed by atoms with Gasteiger partial charge in [0.25, 0.3) is 0 Å². The molecule has 1 fully saturated rings. The number of carbonyl (C=O) groups excluding carboxylic acids is 1. The summed E-state index contributed by atoms with van der Waals surface area (Å²) >= 11 is 2.85. The maximum atomic E-state index is 13.5. The number of alkyl halides is 3. The molecule has 1 amide bonds. The molecule has 5 rings (SSSR count). The fraction of sp³-hybridized carbons (Fsp3) is 0.240. The average molecular weight is 546 g/mol. The van der Waals surface area contributed by atoms with E-state index in [1.165, 1.54) is 64.9 Å². The van der Waals surface area contributed by atoms with Crippen LogP contribution in [0.4, 0.5) is 23.8 Å². The fourth-order valence-electron chi connectivity index (χ4n) is 3.81. The standard InChI is InChI=1S/C25H18F3N3O4S2/c1-31-21(30-23(34)35-20(25(26,27)28)14-5-3-2-4-6-14)15(13-29-31)7-8-16-11-17-18(36-16)12-19(37-17)24(9-10-24)22(32)33/h2-6,11-13,20H,9-10H2,1H3,(H,30,34)(H,32,33). The minimum absolute atomic E-state index is 0.0873. The van der Waals surface area contributed by atoms with Gasteiger partial charge in [0.15, 0.2) is 0 Å². The molecule has 1 saturated carbocycles. The summed E-state index contributed by atoms with van der Waals surface area (Å²) in [6.07, 6.45) is -5.87. The monoisotopic (exact) mass is 545 g/mol. The summed E-state index contributed by atoms with van der Waals surface area (Å²) in [7, 11) is 1.51. The van der Waals surface area contributed by atoms with E-state index >= 15 is 0 Å². The first-order chi connectivity index (χ1) is 17.6. The van der Waals surface area contributed by atoms with Crippen molar-refractivity contribution in [3.05, 3.63) is 69.5 Å². The summed E-state index contributed by atoms with van der Waals surface area (Å²) in [5, 5.41) is 15.9. The molecule has 1 aliphatic carbocycles. The number of aromatic nitrogens is 2. The van der Waals surface area contributed by atoms with Crippen LogP contribution in [-0.2, 0) is 22.0 Å². The molecule has 0 radical (unpaired) electrons. The number of anilines is 1. The number of ether oxygens (including phenoxy) is 1. The molecule has 0 bridgehead atoms. The molecule has 0 saturated heterocycles. The molecule has 1 atom stereocenters. The third-order valence-electron chi connectivity index (χ3n) is 5.94. The number of hydrogen-bond donors (Lipinski definition) is 2. The summed E-state index contributed by atoms with van der Waals surface area (Å²) in [6.45, 7) is 0. The molecule has 3 aromatic heterocycles. The molecular weight excluding hydrogens is 527 g/mol. The van der Waals surface area contributed by atoms with Gasteiger partial charge in [0.1, 0.15) is 11.2 Å². The number of nitrogens with zero attached hydrogens (tertiary/aromatic N) is 2. The summed E-state index contributed by atoms with van der Waals surface area (Å²) in [4.78, 5) is 25.5. The van der Waals surface area contributed by atoms with E-state index < -0.39 is 29.8 Å². The number of carbonyl (C=O) groups is 2. The van der Waals surface area contributed by atoms with E-state index in [0.717, 1.165) is 14.3 Å². The van der Waals surface area contributed by atoms with Gasteiger partial charge in [-0.1, -0.05) is 42.2 Å². The predicted molar refractivity (Wildman–Crippen MR) is 133 cm³/mol. The highest BCUT2D eigenvalue weighted by atomic mass is 32.1. The van der Waals surface area contributed by atoms with E-state index in [0.29, 0.717) is 23.3 Å². The number of benzene rings is 1. The number of aryl methyl sites for hydroxylation is 1. The van der Waals surface area contributed by atoms with Gasteiger partial charge in [0, 0.05) is 26.9 Å². The molecule has 37 heavy (non-hydrogen) atoms. The molecule has 7 nitrogen and oxygen atoms in total. The molecule has 1 aliphatic rings. The number of halogens is 3. The Kier molecular flexibility index (Phi) is 6.21. The Morgan fingerprint density at radius 2 is 1.86 bits per heavy atom. The Morgan fingerprint density at radius 1 is 1.16 bits per heavy atom. The van der Waals surface area contributed by atoms with Crippen molar-refractivity contribution in [3.8, 4) is 11.8 Å². The number of hydrogen-bond acceptors (Lipinski definition) is 6. The second-order valence-electron chi connectivity index (χ2n) is 8.48. The molecule has 3 heterocycles. The van der Waals surface area contributed by atoms with Crippen LogP contribution in [0, 0.1) is 11.8 Å². The first-order valence-corrected chi connectivity index (χ1v) is 12.6. The van der Waals surface area contributed by atoms with E-state index in [2.05, 4.69) is 22.3 Å². The second-order valence-corrected chi connectivity index (χ2v) is 10.6. The molecule has 1 aromatic carbocycles. The lowest BCUT2D eigenvalue weighted by molar-refractivity contribution is -0.205. The zero-order valence-corrected chi connectivity index (χ0v) is 20.8. The highest BCUT2D eigenvalue weighted by molar-refractivity contribution is 7.28. The van der Waals surface area contributed by atoms with Crippen molar-refractivity contribution in [2.75, 3.05) is 5.32 Å². The smallest absolute Gasteiger partial charge is 0.429 e. The average Bonchev–Trinajstić information content (AvgIpc) is 3.28. The van der Waals surface area contributed by atoms with Crippen LogP contribution < -0.4 is 5.32 Å². The van der Waals surface area contributed by atoms with Gasteiger partial charge in [-0.3, -0.25) is 14.8 Å². The Hall–Kier alpha value is -3.82. The topological polar surface area (TPSA) is 93.5 Å². The van der Waals surface area contributed by atoms with Gasteiger partial charge in [0.2, 0.25) is 6.10 Å². The first kappa shape index (κ1) is 24.9. The highest BCUT2D eigenvalue weighted by Crippen LogP contribution is 2.52. The summed E-state index contributed by atoms with van der Waals surface area (Å²) in [6, 6.07) is 10.6. The van der Waals surface area contributed by atoms with Crippen LogP contribution in [0.25, 0.3) is 9.40 Å². The number of fused-ring (bicyclic) bond motifs is 1. The van der Waals surface area contributed by atoms with Crippen molar-refractivity contribution >= 4 is 50.0 Å². The fourth-order valence-corrected chi connectivity index (χ4v) is 6.30. The molecule has 2 N–H and O–H groups in total. The zero-order chi connectivity index (χ0) is 26.4. The molecule has 1 unspecified atom stereocenters. The molecule has 0 aliphatic heterocycles. The quantitative estimate of drug-likeness (QED) is 0.297. The van der Waals surface area contributed by atoms with Crippen LogP contribution in [0.15, 0.2) is 48.7 Å². The third kappa shape index (κ3) is 4.92. The summed E-state index contributed by atoms with van der Waals surface area (Å²) < 4.78 is 48.5. The van der Waals surface area contributed by atoms with Gasteiger partial charge in [-0.2, -0.15) is 18.3 Å². The molecule has 0 spiro atoms. The van der Waals surface area contributed by atoms with E-state index in [9.17, 15) is 27.9 Å². The van der Waals surface area contributed by atoms with Crippen molar-refractivity contribution in [2.45, 2.75) is 30.5 Å². The van der Waals surface area contributed by atoms with E-state index in [1.54, 1.807) is 6.07 Å². The third-order valence-corrected chi connectivity index (χ3v) is 8.36. The van der Waals surface area contributed by atoms with Crippen LogP contribution in [0.3, 0.4) is 0 Å². The van der Waals surface area contributed by atoms with Crippen molar-refractivity contribution in [1.82, 2.24) is 9.78 Å². The first-order valence-electron chi connectivity index (χ1n) is 11.0. The predicted octanol–water partition coefficient (Wildman–Crippen LogP) is 6.06. The van der Waals surface area contributed by atoms with Crippen LogP contribution in [0.1, 0.15) is 39.8 Å². The largest absolute Gasteiger partial charge is 0.481 e. The van der Waals surface area contributed by atoms with Gasteiger partial charge in [-0.15, -0.1) is 22.7 Å². The molecule has 190 valence electrons. The Morgan fingerprint density at radius 3 is 2.49 bits per heavy atom. The van der Waals surface area contributed by atoms with Crippen LogP contribution in [0.2, 0.25) is 0 Å². The minimum Gasteiger partial charge on any atom is -0.481 e. The summed E-state index contributed by atoms with van der Waals surface area (Å²) in [5.74, 6) is 5.16.